The Morgan fingerprint density at radius 1 is 1.39 bits per heavy atom. The van der Waals surface area contributed by atoms with Gasteiger partial charge in [0.15, 0.2) is 0 Å². The molecule has 2 heteroatoms. The van der Waals surface area contributed by atoms with Crippen molar-refractivity contribution in [3.8, 4) is 0 Å². The number of fused-ring (bicyclic) bond motifs is 1. The summed E-state index contributed by atoms with van der Waals surface area (Å²) in [6.45, 7) is 7.77. The molecule has 2 N–H and O–H groups in total. The van der Waals surface area contributed by atoms with Crippen molar-refractivity contribution in [2.45, 2.75) is 52.1 Å². The normalized spacial score (nSPS) is 22.4. The molecule has 1 aliphatic rings. The highest BCUT2D eigenvalue weighted by Gasteiger charge is 2.25. The van der Waals surface area contributed by atoms with Crippen molar-refractivity contribution in [1.29, 1.82) is 0 Å². The van der Waals surface area contributed by atoms with Crippen molar-refractivity contribution in [1.82, 2.24) is 0 Å². The van der Waals surface area contributed by atoms with E-state index in [1.165, 1.54) is 24.1 Å². The van der Waals surface area contributed by atoms with E-state index in [2.05, 4.69) is 49.9 Å². The minimum atomic E-state index is 0.267. The maximum absolute atomic E-state index is 6.34. The molecule has 3 unspecified atom stereocenters. The summed E-state index contributed by atoms with van der Waals surface area (Å²) in [7, 11) is 0. The molecule has 2 rings (SSSR count). The summed E-state index contributed by atoms with van der Waals surface area (Å²) in [4.78, 5) is 2.51. The molecule has 2 nitrogen and oxygen atoms in total. The third-order valence-corrected chi connectivity index (χ3v) is 4.45. The van der Waals surface area contributed by atoms with Gasteiger partial charge in [0.25, 0.3) is 0 Å². The Bertz CT molecular complexity index is 388. The monoisotopic (exact) mass is 246 g/mol. The fraction of sp³-hybridized carbons (Fsp3) is 0.625. The van der Waals surface area contributed by atoms with Gasteiger partial charge in [0.1, 0.15) is 0 Å². The molecular formula is C16H26N2. The molecule has 0 spiro atoms. The molecule has 0 aliphatic carbocycles. The first-order chi connectivity index (χ1) is 8.63. The van der Waals surface area contributed by atoms with Crippen LogP contribution in [-0.4, -0.2) is 18.6 Å². The molecule has 0 saturated heterocycles. The quantitative estimate of drug-likeness (QED) is 0.884. The Morgan fingerprint density at radius 3 is 2.83 bits per heavy atom. The Kier molecular flexibility index (Phi) is 4.28. The number of rotatable bonds is 4. The van der Waals surface area contributed by atoms with Gasteiger partial charge in [-0.2, -0.15) is 0 Å². The lowest BCUT2D eigenvalue weighted by Crippen LogP contribution is -2.47. The molecule has 18 heavy (non-hydrogen) atoms. The topological polar surface area (TPSA) is 29.3 Å². The molecule has 1 aromatic rings. The van der Waals surface area contributed by atoms with Crippen LogP contribution in [0.2, 0.25) is 0 Å². The van der Waals surface area contributed by atoms with E-state index in [4.69, 9.17) is 5.73 Å². The highest BCUT2D eigenvalue weighted by atomic mass is 15.2. The molecule has 1 aliphatic heterocycles. The summed E-state index contributed by atoms with van der Waals surface area (Å²) in [5.41, 5.74) is 9.21. The van der Waals surface area contributed by atoms with E-state index in [9.17, 15) is 0 Å². The Labute approximate surface area is 111 Å². The lowest BCUT2D eigenvalue weighted by molar-refractivity contribution is 0.418. The molecule has 0 bridgehead atoms. The molecular weight excluding hydrogens is 220 g/mol. The van der Waals surface area contributed by atoms with E-state index in [-0.39, 0.29) is 6.04 Å². The van der Waals surface area contributed by atoms with Crippen LogP contribution in [0.1, 0.15) is 39.2 Å². The standard InChI is InChI=1S/C16H26N2/c1-4-12(2)15(17)11-18-13(3)9-10-14-7-5-6-8-16(14)18/h5-8,12-13,15H,4,9-11,17H2,1-3H3. The first kappa shape index (κ1) is 13.4. The van der Waals surface area contributed by atoms with Crippen LogP contribution < -0.4 is 10.6 Å². The van der Waals surface area contributed by atoms with Crippen LogP contribution in [0.3, 0.4) is 0 Å². The van der Waals surface area contributed by atoms with Gasteiger partial charge in [0.2, 0.25) is 0 Å². The maximum Gasteiger partial charge on any atom is 0.0401 e. The van der Waals surface area contributed by atoms with Gasteiger partial charge in [-0.3, -0.25) is 0 Å². The smallest absolute Gasteiger partial charge is 0.0401 e. The maximum atomic E-state index is 6.34. The number of aryl methyl sites for hydroxylation is 1. The van der Waals surface area contributed by atoms with Crippen molar-refractivity contribution >= 4 is 5.69 Å². The number of hydrogen-bond donors (Lipinski definition) is 1. The van der Waals surface area contributed by atoms with Gasteiger partial charge in [-0.25, -0.2) is 0 Å². The molecule has 0 radical (unpaired) electrons. The van der Waals surface area contributed by atoms with Crippen molar-refractivity contribution in [2.75, 3.05) is 11.4 Å². The van der Waals surface area contributed by atoms with Gasteiger partial charge in [-0.05, 0) is 37.3 Å². The van der Waals surface area contributed by atoms with Gasteiger partial charge in [-0.1, -0.05) is 38.5 Å². The van der Waals surface area contributed by atoms with E-state index in [0.29, 0.717) is 12.0 Å². The lowest BCUT2D eigenvalue weighted by atomic mass is 9.93. The van der Waals surface area contributed by atoms with E-state index in [1.807, 2.05) is 0 Å². The van der Waals surface area contributed by atoms with Crippen molar-refractivity contribution in [3.05, 3.63) is 29.8 Å². The Hall–Kier alpha value is -1.02. The molecule has 100 valence electrons. The summed E-state index contributed by atoms with van der Waals surface area (Å²) in [5, 5.41) is 0. The van der Waals surface area contributed by atoms with Crippen LogP contribution in [0, 0.1) is 5.92 Å². The molecule has 1 heterocycles. The molecule has 0 aromatic heterocycles. The van der Waals surface area contributed by atoms with Gasteiger partial charge in [-0.15, -0.1) is 0 Å². The summed E-state index contributed by atoms with van der Waals surface area (Å²) in [6, 6.07) is 9.65. The summed E-state index contributed by atoms with van der Waals surface area (Å²) in [6.07, 6.45) is 3.60. The van der Waals surface area contributed by atoms with Crippen LogP contribution in [-0.2, 0) is 6.42 Å². The second kappa shape index (κ2) is 5.75. The van der Waals surface area contributed by atoms with E-state index < -0.39 is 0 Å². The fourth-order valence-corrected chi connectivity index (χ4v) is 2.75. The Balaban J connectivity index is 2.16. The lowest BCUT2D eigenvalue weighted by Gasteiger charge is -2.39. The van der Waals surface area contributed by atoms with Crippen LogP contribution in [0.4, 0.5) is 5.69 Å². The second-order valence-corrected chi connectivity index (χ2v) is 5.72. The zero-order chi connectivity index (χ0) is 13.1. The van der Waals surface area contributed by atoms with Crippen LogP contribution >= 0.6 is 0 Å². The van der Waals surface area contributed by atoms with E-state index in [1.54, 1.807) is 0 Å². The predicted octanol–water partition coefficient (Wildman–Crippen LogP) is 3.20. The minimum absolute atomic E-state index is 0.267. The second-order valence-electron chi connectivity index (χ2n) is 5.72. The van der Waals surface area contributed by atoms with Crippen molar-refractivity contribution in [3.63, 3.8) is 0 Å². The third-order valence-electron chi connectivity index (χ3n) is 4.45. The molecule has 0 fully saturated rings. The van der Waals surface area contributed by atoms with E-state index in [0.717, 1.165) is 13.0 Å². The minimum Gasteiger partial charge on any atom is -0.367 e. The number of nitrogens with zero attached hydrogens (tertiary/aromatic N) is 1. The highest BCUT2D eigenvalue weighted by molar-refractivity contribution is 5.56. The SMILES string of the molecule is CCC(C)C(N)CN1c2ccccc2CCC1C. The van der Waals surface area contributed by atoms with Gasteiger partial charge in [0, 0.05) is 24.3 Å². The Morgan fingerprint density at radius 2 is 2.11 bits per heavy atom. The van der Waals surface area contributed by atoms with Gasteiger partial charge < -0.3 is 10.6 Å². The first-order valence-corrected chi connectivity index (χ1v) is 7.23. The number of nitrogens with two attached hydrogens (primary N) is 1. The summed E-state index contributed by atoms with van der Waals surface area (Å²) in [5.74, 6) is 0.589. The number of anilines is 1. The fourth-order valence-electron chi connectivity index (χ4n) is 2.75. The summed E-state index contributed by atoms with van der Waals surface area (Å²) >= 11 is 0. The molecule has 1 aromatic carbocycles. The van der Waals surface area contributed by atoms with Crippen molar-refractivity contribution in [2.24, 2.45) is 11.7 Å². The average Bonchev–Trinajstić information content (AvgIpc) is 2.41. The molecule has 0 saturated carbocycles. The predicted molar refractivity (Wildman–Crippen MR) is 79.0 cm³/mol. The summed E-state index contributed by atoms with van der Waals surface area (Å²) < 4.78 is 0. The number of benzene rings is 1. The number of para-hydroxylation sites is 1. The van der Waals surface area contributed by atoms with Gasteiger partial charge in [0.05, 0.1) is 0 Å². The average molecular weight is 246 g/mol. The molecule has 3 atom stereocenters. The molecule has 0 amide bonds. The van der Waals surface area contributed by atoms with E-state index >= 15 is 0 Å². The highest BCUT2D eigenvalue weighted by Crippen LogP contribution is 2.30. The van der Waals surface area contributed by atoms with Crippen LogP contribution in [0.15, 0.2) is 24.3 Å². The zero-order valence-electron chi connectivity index (χ0n) is 11.9. The largest absolute Gasteiger partial charge is 0.367 e. The van der Waals surface area contributed by atoms with Crippen LogP contribution in [0.5, 0.6) is 0 Å². The zero-order valence-corrected chi connectivity index (χ0v) is 11.9. The third kappa shape index (κ3) is 2.69. The van der Waals surface area contributed by atoms with Crippen LogP contribution in [0.25, 0.3) is 0 Å². The van der Waals surface area contributed by atoms with Crippen molar-refractivity contribution < 1.29 is 0 Å². The first-order valence-electron chi connectivity index (χ1n) is 7.23. The van der Waals surface area contributed by atoms with Gasteiger partial charge >= 0.3 is 0 Å². The number of hydrogen-bond acceptors (Lipinski definition) is 2.